The van der Waals surface area contributed by atoms with Crippen LogP contribution in [0.3, 0.4) is 0 Å². The number of halogens is 1. The predicted molar refractivity (Wildman–Crippen MR) is 59.5 cm³/mol. The van der Waals surface area contributed by atoms with Crippen LogP contribution in [0, 0.1) is 0 Å². The fourth-order valence-electron chi connectivity index (χ4n) is 1.43. The van der Waals surface area contributed by atoms with E-state index in [9.17, 15) is 0 Å². The quantitative estimate of drug-likeness (QED) is 0.899. The number of rotatable bonds is 2. The predicted octanol–water partition coefficient (Wildman–Crippen LogP) is 1.93. The van der Waals surface area contributed by atoms with Crippen LogP contribution in [-0.4, -0.2) is 25.9 Å². The van der Waals surface area contributed by atoms with Gasteiger partial charge >= 0.3 is 0 Å². The molecule has 1 aliphatic heterocycles. The van der Waals surface area contributed by atoms with E-state index in [1.54, 1.807) is 11.3 Å². The molecule has 14 heavy (non-hydrogen) atoms. The zero-order valence-corrected chi connectivity index (χ0v) is 10.0. The molecule has 3 nitrogen and oxygen atoms in total. The first kappa shape index (κ1) is 10.6. The molecule has 2 unspecified atom stereocenters. The molecule has 1 aromatic rings. The topological polar surface area (TPSA) is 44.5 Å². The molecule has 1 aromatic heterocycles. The highest BCUT2D eigenvalue weighted by Gasteiger charge is 2.25. The highest BCUT2D eigenvalue weighted by Crippen LogP contribution is 2.30. The van der Waals surface area contributed by atoms with Gasteiger partial charge in [0.2, 0.25) is 0 Å². The van der Waals surface area contributed by atoms with Crippen LogP contribution in [0.15, 0.2) is 15.9 Å². The van der Waals surface area contributed by atoms with Gasteiger partial charge in [0.05, 0.1) is 25.9 Å². The van der Waals surface area contributed by atoms with Crippen molar-refractivity contribution in [3.8, 4) is 0 Å². The smallest absolute Gasteiger partial charge is 0.101 e. The Morgan fingerprint density at radius 1 is 1.57 bits per heavy atom. The molecule has 0 radical (unpaired) electrons. The number of hydrogen-bond acceptors (Lipinski definition) is 4. The molecular weight excluding hydrogens is 266 g/mol. The molecular formula is C9H12BrNO2S. The minimum absolute atomic E-state index is 0.0151. The Morgan fingerprint density at radius 3 is 3.00 bits per heavy atom. The number of ether oxygens (including phenoxy) is 2. The van der Waals surface area contributed by atoms with Gasteiger partial charge in [-0.1, -0.05) is 0 Å². The third kappa shape index (κ3) is 2.17. The van der Waals surface area contributed by atoms with Gasteiger partial charge in [0.25, 0.3) is 0 Å². The third-order valence-corrected chi connectivity index (χ3v) is 4.16. The zero-order chi connectivity index (χ0) is 9.97. The van der Waals surface area contributed by atoms with Gasteiger partial charge in [-0.15, -0.1) is 11.3 Å². The SMILES string of the molecule is NC(c1sccc1Br)C1COCCO1. The first-order valence-corrected chi connectivity index (χ1v) is 6.14. The third-order valence-electron chi connectivity index (χ3n) is 2.19. The van der Waals surface area contributed by atoms with Crippen molar-refractivity contribution >= 4 is 27.3 Å². The average Bonchev–Trinajstić information content (AvgIpc) is 2.65. The van der Waals surface area contributed by atoms with Gasteiger partial charge in [-0.3, -0.25) is 0 Å². The molecule has 1 aliphatic rings. The lowest BCUT2D eigenvalue weighted by Gasteiger charge is -2.27. The van der Waals surface area contributed by atoms with Gasteiger partial charge in [-0.2, -0.15) is 0 Å². The molecule has 0 saturated carbocycles. The van der Waals surface area contributed by atoms with Gasteiger partial charge in [0, 0.05) is 9.35 Å². The van der Waals surface area contributed by atoms with Crippen LogP contribution in [0.1, 0.15) is 10.9 Å². The van der Waals surface area contributed by atoms with Crippen molar-refractivity contribution in [2.45, 2.75) is 12.1 Å². The molecule has 1 saturated heterocycles. The van der Waals surface area contributed by atoms with Gasteiger partial charge in [-0.05, 0) is 27.4 Å². The molecule has 0 spiro atoms. The van der Waals surface area contributed by atoms with Gasteiger partial charge in [-0.25, -0.2) is 0 Å². The molecule has 1 fully saturated rings. The molecule has 2 atom stereocenters. The normalized spacial score (nSPS) is 24.9. The first-order valence-electron chi connectivity index (χ1n) is 4.47. The van der Waals surface area contributed by atoms with E-state index in [-0.39, 0.29) is 12.1 Å². The number of hydrogen-bond donors (Lipinski definition) is 1. The molecule has 0 amide bonds. The summed E-state index contributed by atoms with van der Waals surface area (Å²) in [4.78, 5) is 1.13. The van der Waals surface area contributed by atoms with Crippen LogP contribution in [0.2, 0.25) is 0 Å². The fourth-order valence-corrected chi connectivity index (χ4v) is 3.12. The molecule has 0 aliphatic carbocycles. The monoisotopic (exact) mass is 277 g/mol. The van der Waals surface area contributed by atoms with Gasteiger partial charge in [0.1, 0.15) is 6.10 Å². The minimum Gasteiger partial charge on any atom is -0.376 e. The summed E-state index contributed by atoms with van der Waals surface area (Å²) in [6.07, 6.45) is -0.0151. The van der Waals surface area contributed by atoms with Gasteiger partial charge < -0.3 is 15.2 Å². The minimum atomic E-state index is -0.0929. The lowest BCUT2D eigenvalue weighted by Crippen LogP contribution is -2.37. The molecule has 2 rings (SSSR count). The summed E-state index contributed by atoms with van der Waals surface area (Å²) in [6.45, 7) is 1.90. The van der Waals surface area contributed by atoms with Crippen LogP contribution >= 0.6 is 27.3 Å². The summed E-state index contributed by atoms with van der Waals surface area (Å²) >= 11 is 5.11. The number of nitrogens with two attached hydrogens (primary N) is 1. The molecule has 0 bridgehead atoms. The van der Waals surface area contributed by atoms with Crippen LogP contribution < -0.4 is 5.73 Å². The maximum Gasteiger partial charge on any atom is 0.101 e. The van der Waals surface area contributed by atoms with Crippen molar-refractivity contribution in [2.24, 2.45) is 5.73 Å². The fraction of sp³-hybridized carbons (Fsp3) is 0.556. The lowest BCUT2D eigenvalue weighted by molar-refractivity contribution is -0.0972. The van der Waals surface area contributed by atoms with E-state index in [1.165, 1.54) is 0 Å². The second kappa shape index (κ2) is 4.72. The Bertz CT molecular complexity index is 299. The maximum absolute atomic E-state index is 6.09. The average molecular weight is 278 g/mol. The van der Waals surface area contributed by atoms with Crippen LogP contribution in [0.25, 0.3) is 0 Å². The van der Waals surface area contributed by atoms with Crippen LogP contribution in [-0.2, 0) is 9.47 Å². The Kier molecular flexibility index (Phi) is 3.57. The lowest BCUT2D eigenvalue weighted by atomic mass is 10.1. The van der Waals surface area contributed by atoms with E-state index in [4.69, 9.17) is 15.2 Å². The highest BCUT2D eigenvalue weighted by molar-refractivity contribution is 9.10. The molecule has 5 heteroatoms. The Balaban J connectivity index is 2.07. The highest BCUT2D eigenvalue weighted by atomic mass is 79.9. The number of thiophene rings is 1. The summed E-state index contributed by atoms with van der Waals surface area (Å²) in [5, 5.41) is 2.02. The van der Waals surface area contributed by atoms with Gasteiger partial charge in [0.15, 0.2) is 0 Å². The molecule has 2 heterocycles. The second-order valence-electron chi connectivity index (χ2n) is 3.14. The van der Waals surface area contributed by atoms with Crippen molar-refractivity contribution in [3.05, 3.63) is 20.8 Å². The Morgan fingerprint density at radius 2 is 2.43 bits per heavy atom. The van der Waals surface area contributed by atoms with E-state index in [1.807, 2.05) is 11.4 Å². The van der Waals surface area contributed by atoms with Crippen molar-refractivity contribution < 1.29 is 9.47 Å². The Labute approximate surface area is 95.3 Å². The van der Waals surface area contributed by atoms with Crippen molar-refractivity contribution in [2.75, 3.05) is 19.8 Å². The van der Waals surface area contributed by atoms with E-state index in [2.05, 4.69) is 15.9 Å². The standard InChI is InChI=1S/C9H12BrNO2S/c10-6-1-4-14-9(6)8(11)7-5-12-2-3-13-7/h1,4,7-8H,2-3,5,11H2. The van der Waals surface area contributed by atoms with E-state index in [0.29, 0.717) is 19.8 Å². The van der Waals surface area contributed by atoms with Crippen molar-refractivity contribution in [3.63, 3.8) is 0 Å². The van der Waals surface area contributed by atoms with Crippen molar-refractivity contribution in [1.82, 2.24) is 0 Å². The summed E-state index contributed by atoms with van der Waals surface area (Å²) in [5.74, 6) is 0. The molecule has 78 valence electrons. The van der Waals surface area contributed by atoms with Crippen LogP contribution in [0.5, 0.6) is 0 Å². The van der Waals surface area contributed by atoms with E-state index in [0.717, 1.165) is 9.35 Å². The second-order valence-corrected chi connectivity index (χ2v) is 4.94. The van der Waals surface area contributed by atoms with Crippen LogP contribution in [0.4, 0.5) is 0 Å². The maximum atomic E-state index is 6.09. The summed E-state index contributed by atoms with van der Waals surface area (Å²) in [6, 6.07) is 1.91. The summed E-state index contributed by atoms with van der Waals surface area (Å²) < 4.78 is 11.9. The molecule has 0 aromatic carbocycles. The Hall–Kier alpha value is 0.0600. The molecule has 2 N–H and O–H groups in total. The zero-order valence-electron chi connectivity index (χ0n) is 7.61. The van der Waals surface area contributed by atoms with E-state index >= 15 is 0 Å². The summed E-state index contributed by atoms with van der Waals surface area (Å²) in [7, 11) is 0. The van der Waals surface area contributed by atoms with E-state index < -0.39 is 0 Å². The summed E-state index contributed by atoms with van der Waals surface area (Å²) in [5.41, 5.74) is 6.09. The first-order chi connectivity index (χ1) is 6.79. The van der Waals surface area contributed by atoms with Crippen molar-refractivity contribution in [1.29, 1.82) is 0 Å². The largest absolute Gasteiger partial charge is 0.376 e.